The molecule has 6 heteroatoms. The van der Waals surface area contributed by atoms with E-state index in [4.69, 9.17) is 0 Å². The van der Waals surface area contributed by atoms with Gasteiger partial charge in [0.25, 0.3) is 5.91 Å². The molecular weight excluding hydrogens is 332 g/mol. The molecule has 0 spiro atoms. The average Bonchev–Trinajstić information content (AvgIpc) is 2.66. The molecule has 2 aromatic rings. The molecule has 1 atom stereocenters. The second-order valence-electron chi connectivity index (χ2n) is 5.83. The third kappa shape index (κ3) is 6.05. The number of carbonyl (C=O) groups is 3. The van der Waals surface area contributed by atoms with E-state index in [1.165, 1.54) is 0 Å². The summed E-state index contributed by atoms with van der Waals surface area (Å²) in [4.78, 5) is 35.1. The molecule has 0 aromatic heterocycles. The number of hydrogen-bond acceptors (Lipinski definition) is 3. The van der Waals surface area contributed by atoms with E-state index in [0.717, 1.165) is 0 Å². The van der Waals surface area contributed by atoms with Crippen molar-refractivity contribution in [1.29, 1.82) is 0 Å². The van der Waals surface area contributed by atoms with Gasteiger partial charge < -0.3 is 15.7 Å². The number of hydrogen-bond donors (Lipinski definition) is 3. The summed E-state index contributed by atoms with van der Waals surface area (Å²) < 4.78 is 0. The van der Waals surface area contributed by atoms with Gasteiger partial charge >= 0.3 is 5.97 Å². The van der Waals surface area contributed by atoms with Crippen LogP contribution in [0.25, 0.3) is 0 Å². The molecule has 2 amide bonds. The van der Waals surface area contributed by atoms with Crippen LogP contribution in [0, 0.1) is 0 Å². The fourth-order valence-corrected chi connectivity index (χ4v) is 2.48. The van der Waals surface area contributed by atoms with E-state index < -0.39 is 11.9 Å². The zero-order valence-corrected chi connectivity index (χ0v) is 14.4. The first-order valence-corrected chi connectivity index (χ1v) is 8.45. The number of aliphatic carboxylic acids is 1. The molecule has 0 fully saturated rings. The second kappa shape index (κ2) is 9.98. The van der Waals surface area contributed by atoms with Crippen LogP contribution in [0.3, 0.4) is 0 Å². The Hall–Kier alpha value is -3.15. The molecule has 0 radical (unpaired) electrons. The van der Waals surface area contributed by atoms with Gasteiger partial charge in [-0.15, -0.1) is 0 Å². The summed E-state index contributed by atoms with van der Waals surface area (Å²) >= 11 is 0. The van der Waals surface area contributed by atoms with Crippen molar-refractivity contribution in [3.8, 4) is 0 Å². The lowest BCUT2D eigenvalue weighted by atomic mass is 9.99. The van der Waals surface area contributed by atoms with Gasteiger partial charge in [-0.2, -0.15) is 0 Å². The Morgan fingerprint density at radius 2 is 1.50 bits per heavy atom. The summed E-state index contributed by atoms with van der Waals surface area (Å²) in [5.74, 6) is -2.17. The Balaban J connectivity index is 1.70. The summed E-state index contributed by atoms with van der Waals surface area (Å²) in [5.41, 5.74) is 1.22. The largest absolute Gasteiger partial charge is 0.481 e. The minimum absolute atomic E-state index is 0.0363. The van der Waals surface area contributed by atoms with Crippen molar-refractivity contribution in [1.82, 2.24) is 10.6 Å². The van der Waals surface area contributed by atoms with Crippen molar-refractivity contribution in [3.63, 3.8) is 0 Å². The maximum absolute atomic E-state index is 11.9. The number of benzene rings is 2. The lowest BCUT2D eigenvalue weighted by Gasteiger charge is -2.14. The van der Waals surface area contributed by atoms with Gasteiger partial charge in [-0.05, 0) is 24.1 Å². The number of carboxylic acids is 1. The van der Waals surface area contributed by atoms with Crippen molar-refractivity contribution in [2.75, 3.05) is 13.1 Å². The number of nitrogens with one attached hydrogen (secondary N) is 2. The number of rotatable bonds is 9. The van der Waals surface area contributed by atoms with Crippen LogP contribution in [-0.2, 0) is 9.59 Å². The first-order chi connectivity index (χ1) is 12.6. The smallest absolute Gasteiger partial charge is 0.312 e. The molecule has 1 unspecified atom stereocenters. The van der Waals surface area contributed by atoms with Crippen molar-refractivity contribution in [2.24, 2.45) is 0 Å². The van der Waals surface area contributed by atoms with Gasteiger partial charge in [0.1, 0.15) is 0 Å². The molecule has 2 aromatic carbocycles. The van der Waals surface area contributed by atoms with Crippen LogP contribution in [0.15, 0.2) is 60.7 Å². The van der Waals surface area contributed by atoms with Crippen molar-refractivity contribution in [2.45, 2.75) is 18.8 Å². The van der Waals surface area contributed by atoms with Gasteiger partial charge in [0.15, 0.2) is 0 Å². The quantitative estimate of drug-likeness (QED) is 0.602. The first-order valence-electron chi connectivity index (χ1n) is 8.45. The average molecular weight is 354 g/mol. The Morgan fingerprint density at radius 1 is 0.885 bits per heavy atom. The SMILES string of the molecule is O=C(CCCNC(=O)c1ccccc1)NCC(C(=O)O)c1ccccc1. The minimum atomic E-state index is -0.980. The first kappa shape index (κ1) is 19.2. The predicted octanol–water partition coefficient (Wildman–Crippen LogP) is 2.18. The molecule has 136 valence electrons. The summed E-state index contributed by atoms with van der Waals surface area (Å²) in [6.07, 6.45) is 0.698. The van der Waals surface area contributed by atoms with E-state index in [-0.39, 0.29) is 24.8 Å². The fraction of sp³-hybridized carbons (Fsp3) is 0.250. The number of carboxylic acid groups (broad SMARTS) is 1. The zero-order valence-electron chi connectivity index (χ0n) is 14.4. The lowest BCUT2D eigenvalue weighted by molar-refractivity contribution is -0.138. The van der Waals surface area contributed by atoms with Gasteiger partial charge in [-0.1, -0.05) is 48.5 Å². The van der Waals surface area contributed by atoms with Crippen LogP contribution < -0.4 is 10.6 Å². The number of amides is 2. The van der Waals surface area contributed by atoms with Gasteiger partial charge in [-0.25, -0.2) is 0 Å². The molecule has 0 saturated heterocycles. The van der Waals surface area contributed by atoms with Crippen LogP contribution in [0.4, 0.5) is 0 Å². The van der Waals surface area contributed by atoms with Gasteiger partial charge in [0.05, 0.1) is 5.92 Å². The molecule has 2 rings (SSSR count). The minimum Gasteiger partial charge on any atom is -0.481 e. The summed E-state index contributed by atoms with van der Waals surface area (Å²) in [5, 5.41) is 14.7. The zero-order chi connectivity index (χ0) is 18.8. The van der Waals surface area contributed by atoms with E-state index in [9.17, 15) is 19.5 Å². The lowest BCUT2D eigenvalue weighted by Crippen LogP contribution is -2.32. The highest BCUT2D eigenvalue weighted by Crippen LogP contribution is 2.14. The molecule has 0 aliphatic rings. The van der Waals surface area contributed by atoms with Crippen LogP contribution in [0.5, 0.6) is 0 Å². The molecule has 26 heavy (non-hydrogen) atoms. The molecular formula is C20H22N2O4. The van der Waals surface area contributed by atoms with E-state index in [1.807, 2.05) is 12.1 Å². The maximum atomic E-state index is 11.9. The number of carbonyl (C=O) groups excluding carboxylic acids is 2. The molecule has 0 heterocycles. The van der Waals surface area contributed by atoms with Crippen LogP contribution >= 0.6 is 0 Å². The summed E-state index contributed by atoms with van der Waals surface area (Å²) in [6.45, 7) is 0.413. The van der Waals surface area contributed by atoms with Crippen molar-refractivity contribution < 1.29 is 19.5 Å². The topological polar surface area (TPSA) is 95.5 Å². The standard InChI is InChI=1S/C20H22N2O4/c23-18(12-7-13-21-19(24)16-10-5-2-6-11-16)22-14-17(20(25)26)15-8-3-1-4-9-15/h1-6,8-11,17H,7,12-14H2,(H,21,24)(H,22,23)(H,25,26). The molecule has 0 aliphatic heterocycles. The van der Waals surface area contributed by atoms with Crippen molar-refractivity contribution in [3.05, 3.63) is 71.8 Å². The highest BCUT2D eigenvalue weighted by Gasteiger charge is 2.20. The van der Waals surface area contributed by atoms with Crippen LogP contribution in [-0.4, -0.2) is 36.0 Å². The van der Waals surface area contributed by atoms with Gasteiger partial charge in [0, 0.05) is 25.1 Å². The van der Waals surface area contributed by atoms with Gasteiger partial charge in [0.2, 0.25) is 5.91 Å². The van der Waals surface area contributed by atoms with E-state index in [1.54, 1.807) is 48.5 Å². The molecule has 0 bridgehead atoms. The highest BCUT2D eigenvalue weighted by atomic mass is 16.4. The second-order valence-corrected chi connectivity index (χ2v) is 5.83. The third-order valence-electron chi connectivity index (χ3n) is 3.91. The van der Waals surface area contributed by atoms with E-state index in [0.29, 0.717) is 24.1 Å². The highest BCUT2D eigenvalue weighted by molar-refractivity contribution is 5.94. The molecule has 6 nitrogen and oxygen atoms in total. The van der Waals surface area contributed by atoms with Crippen molar-refractivity contribution >= 4 is 17.8 Å². The Bertz CT molecular complexity index is 732. The fourth-order valence-electron chi connectivity index (χ4n) is 2.48. The third-order valence-corrected chi connectivity index (χ3v) is 3.91. The normalized spacial score (nSPS) is 11.4. The van der Waals surface area contributed by atoms with E-state index in [2.05, 4.69) is 10.6 Å². The molecule has 0 aliphatic carbocycles. The Morgan fingerprint density at radius 3 is 2.12 bits per heavy atom. The maximum Gasteiger partial charge on any atom is 0.312 e. The Labute approximate surface area is 152 Å². The molecule has 0 saturated carbocycles. The van der Waals surface area contributed by atoms with Crippen LogP contribution in [0.1, 0.15) is 34.7 Å². The monoisotopic (exact) mass is 354 g/mol. The van der Waals surface area contributed by atoms with E-state index >= 15 is 0 Å². The summed E-state index contributed by atoms with van der Waals surface area (Å²) in [7, 11) is 0. The van der Waals surface area contributed by atoms with Gasteiger partial charge in [-0.3, -0.25) is 14.4 Å². The molecule has 3 N–H and O–H groups in total. The Kier molecular flexibility index (Phi) is 7.36. The van der Waals surface area contributed by atoms with Crippen LogP contribution in [0.2, 0.25) is 0 Å². The predicted molar refractivity (Wildman–Crippen MR) is 97.8 cm³/mol. The summed E-state index contributed by atoms with van der Waals surface area (Å²) in [6, 6.07) is 17.6.